The maximum atomic E-state index is 11.7. The number of benzene rings is 1. The molecule has 2 aromatic rings. The lowest BCUT2D eigenvalue weighted by Gasteiger charge is -2.05. The minimum absolute atomic E-state index is 0.133. The Labute approximate surface area is 96.6 Å². The third-order valence-corrected chi connectivity index (χ3v) is 2.22. The highest BCUT2D eigenvalue weighted by atomic mass is 16.6. The van der Waals surface area contributed by atoms with E-state index < -0.39 is 5.91 Å². The van der Waals surface area contributed by atoms with Crippen LogP contribution in [-0.4, -0.2) is 22.7 Å². The monoisotopic (exact) mass is 233 g/mol. The summed E-state index contributed by atoms with van der Waals surface area (Å²) in [4.78, 5) is 28.0. The van der Waals surface area contributed by atoms with Crippen LogP contribution in [-0.2, 0) is 4.84 Å². The molecule has 0 aliphatic heterocycles. The Bertz CT molecular complexity index is 606. The Morgan fingerprint density at radius 2 is 2.12 bits per heavy atom. The quantitative estimate of drug-likeness (QED) is 0.760. The summed E-state index contributed by atoms with van der Waals surface area (Å²) < 4.78 is 0. The first-order valence-corrected chi connectivity index (χ1v) is 5.13. The van der Waals surface area contributed by atoms with Crippen LogP contribution in [0.3, 0.4) is 0 Å². The molecule has 0 bridgehead atoms. The number of rotatable bonds is 3. The maximum absolute atomic E-state index is 11.7. The number of nitrogens with zero attached hydrogens (tertiary/aromatic N) is 1. The highest BCUT2D eigenvalue weighted by Crippen LogP contribution is 2.11. The van der Waals surface area contributed by atoms with Crippen LogP contribution in [0.1, 0.15) is 17.4 Å². The van der Waals surface area contributed by atoms with Crippen LogP contribution in [0.15, 0.2) is 29.1 Å². The van der Waals surface area contributed by atoms with E-state index in [0.29, 0.717) is 17.4 Å². The lowest BCUT2D eigenvalue weighted by molar-refractivity contribution is 0.0361. The highest BCUT2D eigenvalue weighted by Gasteiger charge is 2.13. The Morgan fingerprint density at radius 3 is 2.82 bits per heavy atom. The van der Waals surface area contributed by atoms with E-state index in [0.717, 1.165) is 0 Å². The molecule has 1 aromatic heterocycles. The number of hydrogen-bond donors (Lipinski definition) is 2. The second-order valence-electron chi connectivity index (χ2n) is 3.31. The van der Waals surface area contributed by atoms with Gasteiger partial charge in [-0.25, -0.2) is 10.6 Å². The topological polar surface area (TPSA) is 84.1 Å². The molecule has 0 unspecified atom stereocenters. The average Bonchev–Trinajstić information content (AvgIpc) is 2.37. The second-order valence-corrected chi connectivity index (χ2v) is 3.31. The van der Waals surface area contributed by atoms with Crippen molar-refractivity contribution in [1.29, 1.82) is 0 Å². The fraction of sp³-hybridized carbons (Fsp3) is 0.182. The van der Waals surface area contributed by atoms with Crippen LogP contribution in [0.25, 0.3) is 10.8 Å². The van der Waals surface area contributed by atoms with Crippen molar-refractivity contribution in [2.45, 2.75) is 6.92 Å². The third kappa shape index (κ3) is 2.16. The number of aromatic nitrogens is 2. The number of hydrogen-bond acceptors (Lipinski definition) is 4. The average molecular weight is 233 g/mol. The number of aromatic amines is 1. The number of carbonyl (C=O) groups excluding carboxylic acids is 1. The number of H-pyrrole nitrogens is 1. The fourth-order valence-corrected chi connectivity index (χ4v) is 1.47. The Hall–Kier alpha value is -2.21. The van der Waals surface area contributed by atoms with Gasteiger partial charge in [-0.1, -0.05) is 18.2 Å². The number of fused-ring (bicyclic) bond motifs is 1. The van der Waals surface area contributed by atoms with Crippen LogP contribution >= 0.6 is 0 Å². The molecule has 2 N–H and O–H groups in total. The molecule has 2 rings (SSSR count). The van der Waals surface area contributed by atoms with E-state index in [1.54, 1.807) is 31.2 Å². The first-order chi connectivity index (χ1) is 8.24. The van der Waals surface area contributed by atoms with Gasteiger partial charge in [-0.05, 0) is 13.0 Å². The summed E-state index contributed by atoms with van der Waals surface area (Å²) in [6.07, 6.45) is 0. The van der Waals surface area contributed by atoms with Crippen molar-refractivity contribution in [3.63, 3.8) is 0 Å². The molecule has 88 valence electrons. The summed E-state index contributed by atoms with van der Waals surface area (Å²) in [7, 11) is 0. The minimum Gasteiger partial charge on any atom is -0.274 e. The van der Waals surface area contributed by atoms with Gasteiger partial charge in [0.25, 0.3) is 11.5 Å². The number of nitrogens with one attached hydrogen (secondary N) is 2. The molecular formula is C11H11N3O3. The van der Waals surface area contributed by atoms with Gasteiger partial charge in [0.05, 0.1) is 12.0 Å². The molecule has 0 aliphatic rings. The zero-order valence-corrected chi connectivity index (χ0v) is 9.19. The van der Waals surface area contributed by atoms with E-state index >= 15 is 0 Å². The SMILES string of the molecule is CCONC(=O)c1n[nH]c(=O)c2ccccc12. The van der Waals surface area contributed by atoms with Crippen molar-refractivity contribution in [2.24, 2.45) is 0 Å². The Balaban J connectivity index is 2.52. The molecule has 1 amide bonds. The lowest BCUT2D eigenvalue weighted by Crippen LogP contribution is -2.26. The molecule has 6 heteroatoms. The standard InChI is InChI=1S/C11H11N3O3/c1-2-17-14-11(16)9-7-5-3-4-6-8(7)10(15)13-12-9/h3-6H,2H2,1H3,(H,13,15)(H,14,16). The zero-order valence-electron chi connectivity index (χ0n) is 9.19. The summed E-state index contributed by atoms with van der Waals surface area (Å²) >= 11 is 0. The fourth-order valence-electron chi connectivity index (χ4n) is 1.47. The van der Waals surface area contributed by atoms with Crippen LogP contribution in [0.4, 0.5) is 0 Å². The predicted molar refractivity (Wildman–Crippen MR) is 61.5 cm³/mol. The normalized spacial score (nSPS) is 10.4. The lowest BCUT2D eigenvalue weighted by atomic mass is 10.1. The molecule has 6 nitrogen and oxygen atoms in total. The predicted octanol–water partition coefficient (Wildman–Crippen LogP) is 0.604. The zero-order chi connectivity index (χ0) is 12.3. The Morgan fingerprint density at radius 1 is 1.41 bits per heavy atom. The van der Waals surface area contributed by atoms with Crippen molar-refractivity contribution in [2.75, 3.05) is 6.61 Å². The first-order valence-electron chi connectivity index (χ1n) is 5.13. The largest absolute Gasteiger partial charge is 0.295 e. The molecule has 0 spiro atoms. The number of amides is 1. The summed E-state index contributed by atoms with van der Waals surface area (Å²) in [5.74, 6) is -0.487. The van der Waals surface area contributed by atoms with E-state index in [4.69, 9.17) is 4.84 Å². The van der Waals surface area contributed by atoms with Gasteiger partial charge in [0, 0.05) is 5.39 Å². The molecule has 0 aliphatic carbocycles. The van der Waals surface area contributed by atoms with E-state index in [1.807, 2.05) is 0 Å². The van der Waals surface area contributed by atoms with Gasteiger partial charge in [0.15, 0.2) is 5.69 Å². The van der Waals surface area contributed by atoms with Crippen LogP contribution < -0.4 is 11.0 Å². The van der Waals surface area contributed by atoms with Gasteiger partial charge in [0.1, 0.15) is 0 Å². The van der Waals surface area contributed by atoms with Gasteiger partial charge in [-0.15, -0.1) is 0 Å². The van der Waals surface area contributed by atoms with Crippen molar-refractivity contribution in [3.8, 4) is 0 Å². The summed E-state index contributed by atoms with van der Waals surface area (Å²) in [6, 6.07) is 6.76. The van der Waals surface area contributed by atoms with Gasteiger partial charge >= 0.3 is 0 Å². The van der Waals surface area contributed by atoms with E-state index in [-0.39, 0.29) is 11.3 Å². The third-order valence-electron chi connectivity index (χ3n) is 2.22. The van der Waals surface area contributed by atoms with Crippen LogP contribution in [0.2, 0.25) is 0 Å². The van der Waals surface area contributed by atoms with Gasteiger partial charge < -0.3 is 0 Å². The summed E-state index contributed by atoms with van der Waals surface area (Å²) in [5.41, 5.74) is 2.04. The van der Waals surface area contributed by atoms with Crippen LogP contribution in [0.5, 0.6) is 0 Å². The highest BCUT2D eigenvalue weighted by molar-refractivity contribution is 6.04. The smallest absolute Gasteiger partial charge is 0.274 e. The minimum atomic E-state index is -0.487. The maximum Gasteiger partial charge on any atom is 0.295 e. The molecule has 1 aromatic carbocycles. The molecule has 1 heterocycles. The van der Waals surface area contributed by atoms with Gasteiger partial charge in [-0.2, -0.15) is 5.10 Å². The van der Waals surface area contributed by atoms with E-state index in [1.165, 1.54) is 0 Å². The number of carbonyl (C=O) groups is 1. The van der Waals surface area contributed by atoms with E-state index in [9.17, 15) is 9.59 Å². The molecule has 0 saturated heterocycles. The Kier molecular flexibility index (Phi) is 3.15. The van der Waals surface area contributed by atoms with Crippen molar-refractivity contribution < 1.29 is 9.63 Å². The first kappa shape index (κ1) is 11.3. The molecule has 0 radical (unpaired) electrons. The molecule has 0 saturated carbocycles. The molecule has 0 fully saturated rings. The van der Waals surface area contributed by atoms with Gasteiger partial charge in [-0.3, -0.25) is 14.4 Å². The van der Waals surface area contributed by atoms with E-state index in [2.05, 4.69) is 15.7 Å². The summed E-state index contributed by atoms with van der Waals surface area (Å²) in [5, 5.41) is 6.92. The van der Waals surface area contributed by atoms with Gasteiger partial charge in [0.2, 0.25) is 0 Å². The molecule has 0 atom stereocenters. The number of hydroxylamine groups is 1. The molecule has 17 heavy (non-hydrogen) atoms. The van der Waals surface area contributed by atoms with Crippen molar-refractivity contribution in [1.82, 2.24) is 15.7 Å². The van der Waals surface area contributed by atoms with Crippen molar-refractivity contribution >= 4 is 16.7 Å². The van der Waals surface area contributed by atoms with Crippen LogP contribution in [0, 0.1) is 0 Å². The second kappa shape index (κ2) is 4.75. The van der Waals surface area contributed by atoms with Crippen molar-refractivity contribution in [3.05, 3.63) is 40.3 Å². The molecular weight excluding hydrogens is 222 g/mol. The summed E-state index contributed by atoms with van der Waals surface area (Å²) in [6.45, 7) is 2.10.